The maximum absolute atomic E-state index is 11.9. The standard InChI is InChI=1S/C27H49NO3/c1-4-5-6-7-8-9-10-11-12-13-14-15-16-17-18-19-20-21-22-23-25(29)28-26(24(2)3)27(30)31/h8-9,11-12,24,26H,4-7,10,13-23H2,1-3H3,(H,28,29)(H,30,31)/b9-8-,12-11-/t26-/m0/s1. The molecule has 0 rings (SSSR count). The molecule has 0 aromatic rings. The number of aliphatic carboxylic acids is 1. The Hall–Kier alpha value is -1.58. The molecule has 0 aliphatic heterocycles. The lowest BCUT2D eigenvalue weighted by molar-refractivity contribution is -0.143. The first-order valence-corrected chi connectivity index (χ1v) is 12.8. The zero-order chi connectivity index (χ0) is 23.2. The summed E-state index contributed by atoms with van der Waals surface area (Å²) in [6.45, 7) is 5.86. The maximum Gasteiger partial charge on any atom is 0.326 e. The van der Waals surface area contributed by atoms with Gasteiger partial charge in [-0.1, -0.05) is 103 Å². The van der Waals surface area contributed by atoms with Crippen LogP contribution in [0.15, 0.2) is 24.3 Å². The van der Waals surface area contributed by atoms with Crippen LogP contribution in [0.3, 0.4) is 0 Å². The first kappa shape index (κ1) is 29.4. The topological polar surface area (TPSA) is 66.4 Å². The van der Waals surface area contributed by atoms with E-state index in [1.807, 2.05) is 13.8 Å². The van der Waals surface area contributed by atoms with E-state index in [4.69, 9.17) is 5.11 Å². The molecule has 0 saturated carbocycles. The highest BCUT2D eigenvalue weighted by molar-refractivity contribution is 5.83. The molecule has 31 heavy (non-hydrogen) atoms. The lowest BCUT2D eigenvalue weighted by Gasteiger charge is -2.17. The van der Waals surface area contributed by atoms with E-state index in [9.17, 15) is 9.59 Å². The third kappa shape index (κ3) is 20.1. The molecule has 0 fully saturated rings. The van der Waals surface area contributed by atoms with Crippen LogP contribution in [-0.2, 0) is 9.59 Å². The van der Waals surface area contributed by atoms with Crippen LogP contribution in [0.1, 0.15) is 124 Å². The van der Waals surface area contributed by atoms with Crippen molar-refractivity contribution in [1.82, 2.24) is 5.32 Å². The third-order valence-corrected chi connectivity index (χ3v) is 5.60. The summed E-state index contributed by atoms with van der Waals surface area (Å²) in [5.41, 5.74) is 0. The average Bonchev–Trinajstić information content (AvgIpc) is 2.73. The predicted octanol–water partition coefficient (Wildman–Crippen LogP) is 7.59. The van der Waals surface area contributed by atoms with Crippen molar-refractivity contribution in [1.29, 1.82) is 0 Å². The van der Waals surface area contributed by atoms with Crippen LogP contribution in [0, 0.1) is 5.92 Å². The maximum atomic E-state index is 11.9. The zero-order valence-electron chi connectivity index (χ0n) is 20.5. The molecule has 180 valence electrons. The molecule has 4 heteroatoms. The minimum atomic E-state index is -0.954. The van der Waals surface area contributed by atoms with Crippen LogP contribution in [0.25, 0.3) is 0 Å². The summed E-state index contributed by atoms with van der Waals surface area (Å²) in [6, 6.07) is -0.778. The molecular weight excluding hydrogens is 386 g/mol. The molecule has 0 unspecified atom stereocenters. The number of nitrogens with one attached hydrogen (secondary N) is 1. The van der Waals surface area contributed by atoms with E-state index in [2.05, 4.69) is 36.5 Å². The van der Waals surface area contributed by atoms with Crippen molar-refractivity contribution in [2.45, 2.75) is 130 Å². The fraction of sp³-hybridized carbons (Fsp3) is 0.778. The summed E-state index contributed by atoms with van der Waals surface area (Å²) in [6.07, 6.45) is 27.9. The van der Waals surface area contributed by atoms with Crippen LogP contribution in [0.5, 0.6) is 0 Å². The lowest BCUT2D eigenvalue weighted by atomic mass is 10.0. The van der Waals surface area contributed by atoms with Crippen molar-refractivity contribution in [2.24, 2.45) is 5.92 Å². The molecule has 0 heterocycles. The number of carbonyl (C=O) groups is 2. The number of rotatable bonds is 21. The normalized spacial score (nSPS) is 12.8. The van der Waals surface area contributed by atoms with Gasteiger partial charge in [-0.05, 0) is 44.4 Å². The highest BCUT2D eigenvalue weighted by Gasteiger charge is 2.22. The van der Waals surface area contributed by atoms with Crippen LogP contribution >= 0.6 is 0 Å². The Morgan fingerprint density at radius 3 is 1.71 bits per heavy atom. The number of carboxylic acids is 1. The molecule has 0 saturated heterocycles. The summed E-state index contributed by atoms with van der Waals surface area (Å²) >= 11 is 0. The number of hydrogen-bond donors (Lipinski definition) is 2. The van der Waals surface area contributed by atoms with E-state index in [-0.39, 0.29) is 11.8 Å². The number of hydrogen-bond acceptors (Lipinski definition) is 2. The highest BCUT2D eigenvalue weighted by atomic mass is 16.4. The second kappa shape index (κ2) is 21.6. The fourth-order valence-corrected chi connectivity index (χ4v) is 3.56. The van der Waals surface area contributed by atoms with Gasteiger partial charge in [-0.3, -0.25) is 4.79 Å². The molecule has 0 spiro atoms. The van der Waals surface area contributed by atoms with Crippen molar-refractivity contribution in [3.05, 3.63) is 24.3 Å². The molecule has 0 aliphatic rings. The molecule has 0 bridgehead atoms. The summed E-state index contributed by atoms with van der Waals surface area (Å²) in [7, 11) is 0. The molecule has 2 N–H and O–H groups in total. The molecule has 0 radical (unpaired) electrons. The van der Waals surface area contributed by atoms with E-state index < -0.39 is 12.0 Å². The SMILES string of the molecule is CCCCC/C=C\C/C=C\CCCCCCCCCCCC(=O)N[C@H](C(=O)O)C(C)C. The Morgan fingerprint density at radius 2 is 1.23 bits per heavy atom. The lowest BCUT2D eigenvalue weighted by Crippen LogP contribution is -2.44. The van der Waals surface area contributed by atoms with E-state index in [1.165, 1.54) is 70.6 Å². The largest absolute Gasteiger partial charge is 0.480 e. The predicted molar refractivity (Wildman–Crippen MR) is 132 cm³/mol. The monoisotopic (exact) mass is 435 g/mol. The van der Waals surface area contributed by atoms with Gasteiger partial charge in [0.25, 0.3) is 0 Å². The molecule has 0 aliphatic carbocycles. The van der Waals surface area contributed by atoms with Crippen LogP contribution in [-0.4, -0.2) is 23.0 Å². The summed E-state index contributed by atoms with van der Waals surface area (Å²) < 4.78 is 0. The third-order valence-electron chi connectivity index (χ3n) is 5.60. The van der Waals surface area contributed by atoms with Gasteiger partial charge in [0, 0.05) is 6.42 Å². The first-order chi connectivity index (χ1) is 15.0. The number of amides is 1. The molecule has 0 aromatic heterocycles. The van der Waals surface area contributed by atoms with Crippen LogP contribution < -0.4 is 5.32 Å². The molecule has 1 atom stereocenters. The molecule has 1 amide bonds. The highest BCUT2D eigenvalue weighted by Crippen LogP contribution is 2.12. The van der Waals surface area contributed by atoms with Gasteiger partial charge in [0.15, 0.2) is 0 Å². The summed E-state index contributed by atoms with van der Waals surface area (Å²) in [4.78, 5) is 23.0. The first-order valence-electron chi connectivity index (χ1n) is 12.8. The van der Waals surface area contributed by atoms with Crippen molar-refractivity contribution >= 4 is 11.9 Å². The van der Waals surface area contributed by atoms with E-state index in [0.717, 1.165) is 25.7 Å². The second-order valence-electron chi connectivity index (χ2n) is 9.02. The Labute approximate surface area is 192 Å². The van der Waals surface area contributed by atoms with Gasteiger partial charge in [0.2, 0.25) is 5.91 Å². The molecule has 0 aromatic carbocycles. The summed E-state index contributed by atoms with van der Waals surface area (Å²) in [5, 5.41) is 11.7. The zero-order valence-corrected chi connectivity index (χ0v) is 20.5. The van der Waals surface area contributed by atoms with Crippen molar-refractivity contribution in [3.63, 3.8) is 0 Å². The van der Waals surface area contributed by atoms with Crippen LogP contribution in [0.2, 0.25) is 0 Å². The van der Waals surface area contributed by atoms with Gasteiger partial charge >= 0.3 is 5.97 Å². The summed E-state index contributed by atoms with van der Waals surface area (Å²) in [5.74, 6) is -1.19. The van der Waals surface area contributed by atoms with Gasteiger partial charge < -0.3 is 10.4 Å². The quantitative estimate of drug-likeness (QED) is 0.144. The molecular formula is C27H49NO3. The minimum absolute atomic E-state index is 0.0975. The van der Waals surface area contributed by atoms with Gasteiger partial charge in [-0.15, -0.1) is 0 Å². The van der Waals surface area contributed by atoms with Gasteiger partial charge in [0.05, 0.1) is 0 Å². The fourth-order valence-electron chi connectivity index (χ4n) is 3.56. The average molecular weight is 436 g/mol. The van der Waals surface area contributed by atoms with E-state index >= 15 is 0 Å². The number of carboxylic acid groups (broad SMARTS) is 1. The smallest absolute Gasteiger partial charge is 0.326 e. The Morgan fingerprint density at radius 1 is 0.742 bits per heavy atom. The van der Waals surface area contributed by atoms with Crippen molar-refractivity contribution in [2.75, 3.05) is 0 Å². The number of carbonyl (C=O) groups excluding carboxylic acids is 1. The number of allylic oxidation sites excluding steroid dienone is 4. The van der Waals surface area contributed by atoms with E-state index in [0.29, 0.717) is 6.42 Å². The molecule has 4 nitrogen and oxygen atoms in total. The Balaban J connectivity index is 3.40. The van der Waals surface area contributed by atoms with Gasteiger partial charge in [-0.25, -0.2) is 4.79 Å². The van der Waals surface area contributed by atoms with E-state index in [1.54, 1.807) is 0 Å². The minimum Gasteiger partial charge on any atom is -0.480 e. The van der Waals surface area contributed by atoms with Crippen LogP contribution in [0.4, 0.5) is 0 Å². The number of unbranched alkanes of at least 4 members (excludes halogenated alkanes) is 12. The second-order valence-corrected chi connectivity index (χ2v) is 9.02. The van der Waals surface area contributed by atoms with Crippen molar-refractivity contribution in [3.8, 4) is 0 Å². The Kier molecular flexibility index (Phi) is 20.5. The van der Waals surface area contributed by atoms with Gasteiger partial charge in [-0.2, -0.15) is 0 Å². The van der Waals surface area contributed by atoms with Crippen molar-refractivity contribution < 1.29 is 14.7 Å². The Bertz CT molecular complexity index is 497. The van der Waals surface area contributed by atoms with Gasteiger partial charge in [0.1, 0.15) is 6.04 Å².